The van der Waals surface area contributed by atoms with Crippen molar-refractivity contribution in [1.82, 2.24) is 4.98 Å². The molecule has 2 N–H and O–H groups in total. The zero-order valence-electron chi connectivity index (χ0n) is 13.0. The molecule has 0 aliphatic heterocycles. The zero-order chi connectivity index (χ0) is 14.9. The third kappa shape index (κ3) is 3.10. The highest BCUT2D eigenvalue weighted by molar-refractivity contribution is 7.15. The van der Waals surface area contributed by atoms with E-state index in [1.165, 1.54) is 16.0 Å². The van der Waals surface area contributed by atoms with Gasteiger partial charge < -0.3 is 5.73 Å². The van der Waals surface area contributed by atoms with Crippen molar-refractivity contribution in [2.75, 3.05) is 0 Å². The zero-order valence-corrected chi connectivity index (χ0v) is 13.8. The molecule has 0 spiro atoms. The number of rotatable bonds is 3. The van der Waals surface area contributed by atoms with Crippen molar-refractivity contribution in [2.45, 2.75) is 52.5 Å². The van der Waals surface area contributed by atoms with E-state index < -0.39 is 0 Å². The van der Waals surface area contributed by atoms with E-state index in [9.17, 15) is 0 Å². The Hall–Kier alpha value is -1.19. The van der Waals surface area contributed by atoms with Crippen LogP contribution in [0.3, 0.4) is 0 Å². The molecule has 0 fully saturated rings. The fourth-order valence-electron chi connectivity index (χ4n) is 2.21. The summed E-state index contributed by atoms with van der Waals surface area (Å²) in [7, 11) is 0. The van der Waals surface area contributed by atoms with Crippen LogP contribution in [0.4, 0.5) is 0 Å². The molecule has 0 saturated carbocycles. The highest BCUT2D eigenvalue weighted by Gasteiger charge is 2.22. The molecule has 108 valence electrons. The van der Waals surface area contributed by atoms with Gasteiger partial charge in [-0.3, -0.25) is 0 Å². The molecule has 3 heteroatoms. The second-order valence-corrected chi connectivity index (χ2v) is 7.61. The van der Waals surface area contributed by atoms with Crippen LogP contribution in [0.1, 0.15) is 56.7 Å². The van der Waals surface area contributed by atoms with Crippen LogP contribution in [-0.2, 0) is 12.0 Å². The van der Waals surface area contributed by atoms with Gasteiger partial charge in [0.1, 0.15) is 5.01 Å². The van der Waals surface area contributed by atoms with Crippen LogP contribution in [0.25, 0.3) is 10.6 Å². The number of aromatic nitrogens is 1. The second kappa shape index (κ2) is 5.66. The lowest BCUT2D eigenvalue weighted by molar-refractivity contribution is 0.567. The number of benzene rings is 1. The van der Waals surface area contributed by atoms with Gasteiger partial charge >= 0.3 is 0 Å². The predicted molar refractivity (Wildman–Crippen MR) is 88.2 cm³/mol. The summed E-state index contributed by atoms with van der Waals surface area (Å²) in [5.41, 5.74) is 9.59. The molecule has 0 amide bonds. The summed E-state index contributed by atoms with van der Waals surface area (Å²) in [6.45, 7) is 11.5. The van der Waals surface area contributed by atoms with Gasteiger partial charge in [-0.05, 0) is 11.5 Å². The first kappa shape index (κ1) is 15.2. The Morgan fingerprint density at radius 3 is 2.15 bits per heavy atom. The van der Waals surface area contributed by atoms with E-state index >= 15 is 0 Å². The van der Waals surface area contributed by atoms with Crippen molar-refractivity contribution in [3.8, 4) is 10.6 Å². The molecule has 2 nitrogen and oxygen atoms in total. The molecule has 0 unspecified atom stereocenters. The van der Waals surface area contributed by atoms with Crippen LogP contribution in [0, 0.1) is 0 Å². The number of hydrogen-bond donors (Lipinski definition) is 1. The Morgan fingerprint density at radius 1 is 1.15 bits per heavy atom. The van der Waals surface area contributed by atoms with E-state index in [0.717, 1.165) is 10.7 Å². The van der Waals surface area contributed by atoms with Gasteiger partial charge in [0, 0.05) is 22.4 Å². The molecular weight excluding hydrogens is 264 g/mol. The van der Waals surface area contributed by atoms with E-state index in [4.69, 9.17) is 10.7 Å². The van der Waals surface area contributed by atoms with E-state index in [1.807, 2.05) is 0 Å². The monoisotopic (exact) mass is 288 g/mol. The molecule has 0 aliphatic rings. The normalized spacial score (nSPS) is 12.2. The number of nitrogens with zero attached hydrogens (tertiary/aromatic N) is 1. The largest absolute Gasteiger partial charge is 0.326 e. The molecule has 20 heavy (non-hydrogen) atoms. The molecule has 0 atom stereocenters. The molecule has 0 aliphatic carbocycles. The smallest absolute Gasteiger partial charge is 0.123 e. The summed E-state index contributed by atoms with van der Waals surface area (Å²) in [5, 5.41) is 1.07. The second-order valence-electron chi connectivity index (χ2n) is 6.52. The minimum absolute atomic E-state index is 0.0430. The molecule has 2 rings (SSSR count). The van der Waals surface area contributed by atoms with Gasteiger partial charge in [-0.1, -0.05) is 58.9 Å². The molecule has 0 bridgehead atoms. The molecule has 1 aromatic carbocycles. The van der Waals surface area contributed by atoms with Crippen molar-refractivity contribution in [3.63, 3.8) is 0 Å². The van der Waals surface area contributed by atoms with Crippen LogP contribution < -0.4 is 5.73 Å². The Bertz CT molecular complexity index is 574. The minimum atomic E-state index is 0.0430. The van der Waals surface area contributed by atoms with Crippen LogP contribution in [0.5, 0.6) is 0 Å². The van der Waals surface area contributed by atoms with E-state index in [0.29, 0.717) is 12.5 Å². The Labute approximate surface area is 126 Å². The molecule has 0 saturated heterocycles. The summed E-state index contributed by atoms with van der Waals surface area (Å²) in [4.78, 5) is 6.03. The third-order valence-corrected chi connectivity index (χ3v) is 4.54. The first-order valence-electron chi connectivity index (χ1n) is 7.13. The molecule has 1 heterocycles. The van der Waals surface area contributed by atoms with Gasteiger partial charge in [0.2, 0.25) is 0 Å². The Kier molecular flexibility index (Phi) is 4.31. The van der Waals surface area contributed by atoms with E-state index in [-0.39, 0.29) is 5.41 Å². The van der Waals surface area contributed by atoms with Crippen molar-refractivity contribution in [1.29, 1.82) is 0 Å². The lowest BCUT2D eigenvalue weighted by atomic mass is 9.91. The predicted octanol–water partition coefficient (Wildman–Crippen LogP) is 4.69. The van der Waals surface area contributed by atoms with E-state index in [2.05, 4.69) is 58.9 Å². The average molecular weight is 288 g/mol. The van der Waals surface area contributed by atoms with E-state index in [1.54, 1.807) is 11.3 Å². The highest BCUT2D eigenvalue weighted by atomic mass is 32.1. The molecule has 2 aromatic rings. The summed E-state index contributed by atoms with van der Waals surface area (Å²) >= 11 is 1.72. The highest BCUT2D eigenvalue weighted by Crippen LogP contribution is 2.34. The van der Waals surface area contributed by atoms with Crippen molar-refractivity contribution >= 4 is 11.3 Å². The quantitative estimate of drug-likeness (QED) is 0.890. The Morgan fingerprint density at radius 2 is 1.75 bits per heavy atom. The molecule has 1 aromatic heterocycles. The van der Waals surface area contributed by atoms with Crippen LogP contribution in [-0.4, -0.2) is 4.98 Å². The van der Waals surface area contributed by atoms with Gasteiger partial charge in [0.25, 0.3) is 0 Å². The summed E-state index contributed by atoms with van der Waals surface area (Å²) in [6.07, 6.45) is 0. The third-order valence-electron chi connectivity index (χ3n) is 3.42. The maximum atomic E-state index is 5.87. The number of nitrogens with two attached hydrogens (primary N) is 1. The minimum Gasteiger partial charge on any atom is -0.326 e. The van der Waals surface area contributed by atoms with Crippen LogP contribution in [0.15, 0.2) is 24.3 Å². The SMILES string of the molecule is CC(C)c1ccc(-c2nc(C(C)(C)C)c(CN)s2)cc1. The lowest BCUT2D eigenvalue weighted by Crippen LogP contribution is -2.15. The lowest BCUT2D eigenvalue weighted by Gasteiger charge is -2.16. The fourth-order valence-corrected chi connectivity index (χ4v) is 3.37. The van der Waals surface area contributed by atoms with Crippen molar-refractivity contribution in [2.24, 2.45) is 5.73 Å². The van der Waals surface area contributed by atoms with Gasteiger partial charge in [0.15, 0.2) is 0 Å². The van der Waals surface area contributed by atoms with Gasteiger partial charge in [-0.25, -0.2) is 4.98 Å². The van der Waals surface area contributed by atoms with Crippen molar-refractivity contribution in [3.05, 3.63) is 40.4 Å². The first-order valence-corrected chi connectivity index (χ1v) is 7.95. The summed E-state index contributed by atoms with van der Waals surface area (Å²) < 4.78 is 0. The topological polar surface area (TPSA) is 38.9 Å². The Balaban J connectivity index is 2.40. The number of thiazole rings is 1. The van der Waals surface area contributed by atoms with Gasteiger partial charge in [0.05, 0.1) is 5.69 Å². The molecule has 0 radical (unpaired) electrons. The van der Waals surface area contributed by atoms with Gasteiger partial charge in [-0.2, -0.15) is 0 Å². The average Bonchev–Trinajstić information content (AvgIpc) is 2.83. The van der Waals surface area contributed by atoms with Crippen molar-refractivity contribution < 1.29 is 0 Å². The van der Waals surface area contributed by atoms with Crippen LogP contribution >= 0.6 is 11.3 Å². The molecular formula is C17H24N2S. The maximum Gasteiger partial charge on any atom is 0.123 e. The number of hydrogen-bond acceptors (Lipinski definition) is 3. The van der Waals surface area contributed by atoms with Gasteiger partial charge in [-0.15, -0.1) is 11.3 Å². The first-order chi connectivity index (χ1) is 9.32. The fraction of sp³-hybridized carbons (Fsp3) is 0.471. The maximum absolute atomic E-state index is 5.87. The summed E-state index contributed by atoms with van der Waals surface area (Å²) in [5.74, 6) is 0.560. The summed E-state index contributed by atoms with van der Waals surface area (Å²) in [6, 6.07) is 8.72. The van der Waals surface area contributed by atoms with Crippen LogP contribution in [0.2, 0.25) is 0 Å². The standard InChI is InChI=1S/C17H24N2S/c1-11(2)12-6-8-13(9-7-12)16-19-15(17(3,4)5)14(10-18)20-16/h6-9,11H,10,18H2,1-5H3.